The van der Waals surface area contributed by atoms with Crippen molar-refractivity contribution in [1.29, 1.82) is 0 Å². The third-order valence-corrected chi connectivity index (χ3v) is 3.67. The highest BCUT2D eigenvalue weighted by Gasteiger charge is 2.12. The van der Waals surface area contributed by atoms with Crippen LogP contribution in [-0.2, 0) is 13.5 Å². The van der Waals surface area contributed by atoms with Gasteiger partial charge in [0.25, 0.3) is 0 Å². The Balaban J connectivity index is 2.13. The van der Waals surface area contributed by atoms with Crippen molar-refractivity contribution in [2.45, 2.75) is 12.3 Å². The molecule has 1 unspecified atom stereocenters. The van der Waals surface area contributed by atoms with Gasteiger partial charge >= 0.3 is 0 Å². The minimum atomic E-state index is 0.342. The Morgan fingerprint density at radius 3 is 2.59 bits per heavy atom. The predicted octanol–water partition coefficient (Wildman–Crippen LogP) is 3.75. The fourth-order valence-corrected chi connectivity index (χ4v) is 2.41. The van der Waals surface area contributed by atoms with Crippen LogP contribution in [0.1, 0.15) is 17.0 Å². The molecule has 0 fully saturated rings. The molecule has 90 valence electrons. The molecular formula is C13H14BrClN2. The van der Waals surface area contributed by atoms with Crippen LogP contribution in [0.4, 0.5) is 0 Å². The van der Waals surface area contributed by atoms with Crippen LogP contribution < -0.4 is 0 Å². The Kier molecular flexibility index (Phi) is 4.24. The van der Waals surface area contributed by atoms with Crippen LogP contribution >= 0.6 is 27.5 Å². The summed E-state index contributed by atoms with van der Waals surface area (Å²) in [4.78, 5) is 0. The highest BCUT2D eigenvalue weighted by Crippen LogP contribution is 2.23. The van der Waals surface area contributed by atoms with Gasteiger partial charge < -0.3 is 0 Å². The second-order valence-corrected chi connectivity index (χ2v) is 5.35. The molecule has 2 aromatic rings. The topological polar surface area (TPSA) is 17.8 Å². The summed E-state index contributed by atoms with van der Waals surface area (Å²) >= 11 is 9.50. The van der Waals surface area contributed by atoms with Crippen LogP contribution in [0.5, 0.6) is 0 Å². The first kappa shape index (κ1) is 12.7. The van der Waals surface area contributed by atoms with Crippen LogP contribution in [0, 0.1) is 0 Å². The molecule has 1 aromatic heterocycles. The molecule has 0 spiro atoms. The number of halogens is 2. The zero-order chi connectivity index (χ0) is 12.3. The molecule has 0 amide bonds. The molecule has 1 aromatic carbocycles. The molecule has 0 saturated carbocycles. The first-order valence-electron chi connectivity index (χ1n) is 5.48. The third-order valence-electron chi connectivity index (χ3n) is 2.77. The lowest BCUT2D eigenvalue weighted by Crippen LogP contribution is -2.04. The zero-order valence-corrected chi connectivity index (χ0v) is 11.9. The van der Waals surface area contributed by atoms with Gasteiger partial charge in [-0.2, -0.15) is 5.10 Å². The Hall–Kier alpha value is -0.800. The summed E-state index contributed by atoms with van der Waals surface area (Å²) in [6.45, 7) is 0. The number of alkyl halides is 1. The first-order chi connectivity index (χ1) is 8.19. The SMILES string of the molecule is Cn1cc(CC(CCl)c2ccc(Br)cc2)cn1. The molecule has 0 N–H and O–H groups in total. The number of hydrogen-bond donors (Lipinski definition) is 0. The summed E-state index contributed by atoms with van der Waals surface area (Å²) in [7, 11) is 1.93. The van der Waals surface area contributed by atoms with Gasteiger partial charge in [-0.1, -0.05) is 28.1 Å². The molecule has 2 rings (SSSR count). The van der Waals surface area contributed by atoms with Gasteiger partial charge in [0.05, 0.1) is 6.20 Å². The molecule has 17 heavy (non-hydrogen) atoms. The van der Waals surface area contributed by atoms with Crippen molar-refractivity contribution < 1.29 is 0 Å². The Bertz CT molecular complexity index is 478. The molecule has 0 saturated heterocycles. The van der Waals surface area contributed by atoms with Crippen molar-refractivity contribution in [1.82, 2.24) is 9.78 Å². The lowest BCUT2D eigenvalue weighted by atomic mass is 9.95. The van der Waals surface area contributed by atoms with Gasteiger partial charge in [0, 0.05) is 29.5 Å². The number of hydrogen-bond acceptors (Lipinski definition) is 1. The van der Waals surface area contributed by atoms with Crippen molar-refractivity contribution in [3.63, 3.8) is 0 Å². The quantitative estimate of drug-likeness (QED) is 0.786. The van der Waals surface area contributed by atoms with Gasteiger partial charge in [-0.3, -0.25) is 4.68 Å². The number of aromatic nitrogens is 2. The summed E-state index contributed by atoms with van der Waals surface area (Å²) in [5.41, 5.74) is 2.49. The third kappa shape index (κ3) is 3.33. The van der Waals surface area contributed by atoms with E-state index in [4.69, 9.17) is 11.6 Å². The summed E-state index contributed by atoms with van der Waals surface area (Å²) in [5.74, 6) is 0.963. The Morgan fingerprint density at radius 1 is 1.35 bits per heavy atom. The maximum Gasteiger partial charge on any atom is 0.0521 e. The highest BCUT2D eigenvalue weighted by atomic mass is 79.9. The summed E-state index contributed by atoms with van der Waals surface area (Å²) in [6, 6.07) is 8.34. The number of rotatable bonds is 4. The lowest BCUT2D eigenvalue weighted by Gasteiger charge is -2.13. The normalized spacial score (nSPS) is 12.6. The summed E-state index contributed by atoms with van der Waals surface area (Å²) < 4.78 is 2.92. The molecule has 0 aliphatic heterocycles. The van der Waals surface area contributed by atoms with Gasteiger partial charge in [0.1, 0.15) is 0 Å². The van der Waals surface area contributed by atoms with Crippen LogP contribution in [0.15, 0.2) is 41.1 Å². The highest BCUT2D eigenvalue weighted by molar-refractivity contribution is 9.10. The summed E-state index contributed by atoms with van der Waals surface area (Å²) in [5, 5.41) is 4.18. The van der Waals surface area contributed by atoms with Crippen molar-refractivity contribution in [2.24, 2.45) is 7.05 Å². The minimum absolute atomic E-state index is 0.342. The van der Waals surface area contributed by atoms with Gasteiger partial charge in [-0.25, -0.2) is 0 Å². The van der Waals surface area contributed by atoms with E-state index in [0.29, 0.717) is 11.8 Å². The monoisotopic (exact) mass is 312 g/mol. The van der Waals surface area contributed by atoms with Gasteiger partial charge in [-0.15, -0.1) is 11.6 Å². The maximum absolute atomic E-state index is 6.06. The van der Waals surface area contributed by atoms with Gasteiger partial charge in [0.15, 0.2) is 0 Å². The lowest BCUT2D eigenvalue weighted by molar-refractivity contribution is 0.754. The standard InChI is InChI=1S/C13H14BrClN2/c1-17-9-10(8-16-17)6-12(7-15)11-2-4-13(14)5-3-11/h2-5,8-9,12H,6-7H2,1H3. The van der Waals surface area contributed by atoms with Crippen LogP contribution in [0.3, 0.4) is 0 Å². The van der Waals surface area contributed by atoms with Gasteiger partial charge in [-0.05, 0) is 29.7 Å². The average molecular weight is 314 g/mol. The molecule has 1 heterocycles. The maximum atomic E-state index is 6.06. The largest absolute Gasteiger partial charge is 0.276 e. The van der Waals surface area contributed by atoms with E-state index in [1.807, 2.05) is 24.1 Å². The molecule has 0 bridgehead atoms. The van der Waals surface area contributed by atoms with Crippen LogP contribution in [0.2, 0.25) is 0 Å². The number of nitrogens with zero attached hydrogens (tertiary/aromatic N) is 2. The van der Waals surface area contributed by atoms with Crippen molar-refractivity contribution in [3.8, 4) is 0 Å². The second-order valence-electron chi connectivity index (χ2n) is 4.13. The van der Waals surface area contributed by atoms with Crippen molar-refractivity contribution in [3.05, 3.63) is 52.3 Å². The van der Waals surface area contributed by atoms with E-state index in [1.165, 1.54) is 11.1 Å². The molecule has 1 atom stereocenters. The van der Waals surface area contributed by atoms with E-state index in [-0.39, 0.29) is 0 Å². The fourth-order valence-electron chi connectivity index (χ4n) is 1.86. The van der Waals surface area contributed by atoms with Crippen LogP contribution in [-0.4, -0.2) is 15.7 Å². The van der Waals surface area contributed by atoms with Crippen molar-refractivity contribution >= 4 is 27.5 Å². The van der Waals surface area contributed by atoms with E-state index in [9.17, 15) is 0 Å². The number of aryl methyl sites for hydroxylation is 1. The average Bonchev–Trinajstić information content (AvgIpc) is 2.73. The molecular weight excluding hydrogens is 300 g/mol. The van der Waals surface area contributed by atoms with E-state index >= 15 is 0 Å². The van der Waals surface area contributed by atoms with E-state index < -0.39 is 0 Å². The fraction of sp³-hybridized carbons (Fsp3) is 0.308. The second kappa shape index (κ2) is 5.69. The minimum Gasteiger partial charge on any atom is -0.276 e. The number of benzene rings is 1. The molecule has 0 aliphatic carbocycles. The Labute approximate surface area is 115 Å². The van der Waals surface area contributed by atoms with E-state index in [1.54, 1.807) is 0 Å². The first-order valence-corrected chi connectivity index (χ1v) is 6.80. The van der Waals surface area contributed by atoms with Crippen molar-refractivity contribution in [2.75, 3.05) is 5.88 Å². The van der Waals surface area contributed by atoms with E-state index in [2.05, 4.69) is 45.3 Å². The van der Waals surface area contributed by atoms with E-state index in [0.717, 1.165) is 10.9 Å². The predicted molar refractivity (Wildman–Crippen MR) is 74.5 cm³/mol. The van der Waals surface area contributed by atoms with Gasteiger partial charge in [0.2, 0.25) is 0 Å². The molecule has 0 radical (unpaired) electrons. The molecule has 0 aliphatic rings. The molecule has 4 heteroatoms. The molecule has 2 nitrogen and oxygen atoms in total. The summed E-state index contributed by atoms with van der Waals surface area (Å²) in [6.07, 6.45) is 4.87. The smallest absolute Gasteiger partial charge is 0.0521 e. The zero-order valence-electron chi connectivity index (χ0n) is 9.61. The Morgan fingerprint density at radius 2 is 2.06 bits per heavy atom. The van der Waals surface area contributed by atoms with Crippen LogP contribution in [0.25, 0.3) is 0 Å².